The van der Waals surface area contributed by atoms with E-state index in [4.69, 9.17) is 0 Å². The van der Waals surface area contributed by atoms with Gasteiger partial charge in [0.1, 0.15) is 11.5 Å². The van der Waals surface area contributed by atoms with Crippen LogP contribution in [0.15, 0.2) is 24.3 Å². The van der Waals surface area contributed by atoms with Crippen molar-refractivity contribution in [2.24, 2.45) is 7.05 Å². The summed E-state index contributed by atoms with van der Waals surface area (Å²) in [5.74, 6) is -0.277. The molecule has 0 radical (unpaired) electrons. The molecule has 0 aliphatic heterocycles. The highest BCUT2D eigenvalue weighted by Crippen LogP contribution is 2.28. The second-order valence-corrected chi connectivity index (χ2v) is 3.80. The molecule has 80 valence electrons. The minimum Gasteiger partial charge on any atom is -0.338 e. The number of fused-ring (bicyclic) bond motifs is 3. The predicted octanol–water partition coefficient (Wildman–Crippen LogP) is 2.61. The Balaban J connectivity index is 2.55. The first-order valence-corrected chi connectivity index (χ1v) is 4.93. The van der Waals surface area contributed by atoms with Gasteiger partial charge in [-0.2, -0.15) is 0 Å². The lowest BCUT2D eigenvalue weighted by Gasteiger charge is -1.95. The van der Waals surface area contributed by atoms with Crippen LogP contribution in [0.5, 0.6) is 0 Å². The molecule has 3 aromatic rings. The number of rotatable bonds is 1. The Morgan fingerprint density at radius 3 is 2.94 bits per heavy atom. The number of carbonyl (C=O) groups is 1. The topological polar surface area (TPSA) is 37.8 Å². The molecule has 0 unspecified atom stereocenters. The SMILES string of the molecule is Cn1c(C=O)cc2c3cccc(F)c3[nH]c21. The summed E-state index contributed by atoms with van der Waals surface area (Å²) in [7, 11) is 1.78. The van der Waals surface area contributed by atoms with Crippen LogP contribution in [0, 0.1) is 5.82 Å². The molecule has 3 nitrogen and oxygen atoms in total. The molecule has 0 saturated carbocycles. The number of aromatic amines is 1. The summed E-state index contributed by atoms with van der Waals surface area (Å²) in [5, 5.41) is 1.68. The van der Waals surface area contributed by atoms with Gasteiger partial charge in [-0.25, -0.2) is 4.39 Å². The van der Waals surface area contributed by atoms with Crippen molar-refractivity contribution in [3.63, 3.8) is 0 Å². The monoisotopic (exact) mass is 216 g/mol. The molecule has 0 atom stereocenters. The summed E-state index contributed by atoms with van der Waals surface area (Å²) in [4.78, 5) is 13.8. The van der Waals surface area contributed by atoms with Crippen molar-refractivity contribution in [1.82, 2.24) is 9.55 Å². The first-order chi connectivity index (χ1) is 7.72. The third kappa shape index (κ3) is 0.984. The van der Waals surface area contributed by atoms with Crippen molar-refractivity contribution in [1.29, 1.82) is 0 Å². The number of hydrogen-bond donors (Lipinski definition) is 1. The normalized spacial score (nSPS) is 11.4. The van der Waals surface area contributed by atoms with E-state index in [-0.39, 0.29) is 5.82 Å². The fraction of sp³-hybridized carbons (Fsp3) is 0.0833. The maximum atomic E-state index is 13.5. The fourth-order valence-corrected chi connectivity index (χ4v) is 2.09. The Kier molecular flexibility index (Phi) is 1.68. The molecule has 2 aromatic heterocycles. The second kappa shape index (κ2) is 2.95. The number of benzene rings is 1. The minimum atomic E-state index is -0.277. The molecule has 1 N–H and O–H groups in total. The molecule has 0 amide bonds. The van der Waals surface area contributed by atoms with Crippen LogP contribution in [0.4, 0.5) is 4.39 Å². The number of nitrogens with one attached hydrogen (secondary N) is 1. The van der Waals surface area contributed by atoms with E-state index in [1.54, 1.807) is 23.7 Å². The van der Waals surface area contributed by atoms with Gasteiger partial charge in [0.2, 0.25) is 0 Å². The van der Waals surface area contributed by atoms with E-state index in [0.29, 0.717) is 11.2 Å². The van der Waals surface area contributed by atoms with Gasteiger partial charge in [-0.1, -0.05) is 12.1 Å². The Morgan fingerprint density at radius 1 is 1.38 bits per heavy atom. The number of carbonyl (C=O) groups excluding carboxylic acids is 1. The van der Waals surface area contributed by atoms with Gasteiger partial charge in [-0.05, 0) is 12.1 Å². The standard InChI is InChI=1S/C12H9FN2O/c1-15-7(6-16)5-9-8-3-2-4-10(13)11(8)14-12(9)15/h2-6,14H,1H3. The molecule has 0 spiro atoms. The van der Waals surface area contributed by atoms with Crippen LogP contribution >= 0.6 is 0 Å². The van der Waals surface area contributed by atoms with E-state index in [1.165, 1.54) is 6.07 Å². The number of hydrogen-bond acceptors (Lipinski definition) is 1. The maximum absolute atomic E-state index is 13.5. The summed E-state index contributed by atoms with van der Waals surface area (Å²) in [6, 6.07) is 6.68. The zero-order chi connectivity index (χ0) is 11.3. The Bertz CT molecular complexity index is 709. The van der Waals surface area contributed by atoms with E-state index < -0.39 is 0 Å². The quantitative estimate of drug-likeness (QED) is 0.624. The molecule has 3 rings (SSSR count). The molecule has 0 bridgehead atoms. The molecule has 0 fully saturated rings. The van der Waals surface area contributed by atoms with Gasteiger partial charge in [-0.3, -0.25) is 4.79 Å². The van der Waals surface area contributed by atoms with Crippen LogP contribution in [0.2, 0.25) is 0 Å². The zero-order valence-electron chi connectivity index (χ0n) is 8.62. The van der Waals surface area contributed by atoms with Crippen LogP contribution in [-0.4, -0.2) is 15.8 Å². The average Bonchev–Trinajstić information content (AvgIpc) is 2.78. The highest BCUT2D eigenvalue weighted by molar-refractivity contribution is 6.08. The zero-order valence-corrected chi connectivity index (χ0v) is 8.62. The third-order valence-electron chi connectivity index (χ3n) is 2.94. The molecular weight excluding hydrogens is 207 g/mol. The smallest absolute Gasteiger partial charge is 0.166 e. The van der Waals surface area contributed by atoms with Crippen molar-refractivity contribution < 1.29 is 9.18 Å². The highest BCUT2D eigenvalue weighted by atomic mass is 19.1. The van der Waals surface area contributed by atoms with E-state index in [2.05, 4.69) is 4.98 Å². The second-order valence-electron chi connectivity index (χ2n) is 3.80. The first kappa shape index (κ1) is 9.15. The van der Waals surface area contributed by atoms with Gasteiger partial charge in [0.25, 0.3) is 0 Å². The number of aldehydes is 1. The van der Waals surface area contributed by atoms with Crippen LogP contribution in [0.25, 0.3) is 21.9 Å². The van der Waals surface area contributed by atoms with Crippen molar-refractivity contribution in [3.8, 4) is 0 Å². The van der Waals surface area contributed by atoms with Gasteiger partial charge >= 0.3 is 0 Å². The molecule has 1 aromatic carbocycles. The molecular formula is C12H9FN2O. The van der Waals surface area contributed by atoms with Gasteiger partial charge in [0.05, 0.1) is 11.2 Å². The van der Waals surface area contributed by atoms with Crippen molar-refractivity contribution >= 4 is 28.2 Å². The van der Waals surface area contributed by atoms with Crippen molar-refractivity contribution in [2.45, 2.75) is 0 Å². The Labute approximate surface area is 90.5 Å². The number of nitrogens with zero attached hydrogens (tertiary/aromatic N) is 1. The van der Waals surface area contributed by atoms with Crippen molar-refractivity contribution in [2.75, 3.05) is 0 Å². The molecule has 0 saturated heterocycles. The van der Waals surface area contributed by atoms with E-state index >= 15 is 0 Å². The largest absolute Gasteiger partial charge is 0.338 e. The lowest BCUT2D eigenvalue weighted by atomic mass is 10.2. The number of aromatic nitrogens is 2. The molecule has 16 heavy (non-hydrogen) atoms. The molecule has 2 heterocycles. The van der Waals surface area contributed by atoms with Crippen LogP contribution < -0.4 is 0 Å². The third-order valence-corrected chi connectivity index (χ3v) is 2.94. The summed E-state index contributed by atoms with van der Waals surface area (Å²) in [6.45, 7) is 0. The van der Waals surface area contributed by atoms with E-state index in [1.807, 2.05) is 6.07 Å². The lowest BCUT2D eigenvalue weighted by molar-refractivity contribution is 0.111. The summed E-state index contributed by atoms with van der Waals surface area (Å²) < 4.78 is 15.2. The van der Waals surface area contributed by atoms with Crippen molar-refractivity contribution in [3.05, 3.63) is 35.8 Å². The molecule has 0 aliphatic carbocycles. The average molecular weight is 216 g/mol. The summed E-state index contributed by atoms with van der Waals surface area (Å²) in [6.07, 6.45) is 0.791. The van der Waals surface area contributed by atoms with Gasteiger partial charge in [0.15, 0.2) is 6.29 Å². The summed E-state index contributed by atoms with van der Waals surface area (Å²) >= 11 is 0. The van der Waals surface area contributed by atoms with E-state index in [0.717, 1.165) is 22.7 Å². The van der Waals surface area contributed by atoms with Gasteiger partial charge in [0, 0.05) is 17.8 Å². The Morgan fingerprint density at radius 2 is 2.19 bits per heavy atom. The van der Waals surface area contributed by atoms with Gasteiger partial charge in [-0.15, -0.1) is 0 Å². The fourth-order valence-electron chi connectivity index (χ4n) is 2.09. The first-order valence-electron chi connectivity index (χ1n) is 4.93. The van der Waals surface area contributed by atoms with Gasteiger partial charge < -0.3 is 9.55 Å². The number of aryl methyl sites for hydroxylation is 1. The predicted molar refractivity (Wildman–Crippen MR) is 60.1 cm³/mol. The minimum absolute atomic E-state index is 0.277. The maximum Gasteiger partial charge on any atom is 0.166 e. The van der Waals surface area contributed by atoms with Crippen LogP contribution in [-0.2, 0) is 7.05 Å². The highest BCUT2D eigenvalue weighted by Gasteiger charge is 2.12. The van der Waals surface area contributed by atoms with E-state index in [9.17, 15) is 9.18 Å². The van der Waals surface area contributed by atoms with Crippen LogP contribution in [0.1, 0.15) is 10.5 Å². The number of halogens is 1. The number of para-hydroxylation sites is 1. The van der Waals surface area contributed by atoms with Crippen LogP contribution in [0.3, 0.4) is 0 Å². The molecule has 0 aliphatic rings. The number of H-pyrrole nitrogens is 1. The summed E-state index contributed by atoms with van der Waals surface area (Å²) in [5.41, 5.74) is 1.83. The Hall–Kier alpha value is -2.10. The lowest BCUT2D eigenvalue weighted by Crippen LogP contribution is -1.94. The molecule has 4 heteroatoms.